The van der Waals surface area contributed by atoms with E-state index < -0.39 is 17.8 Å². The Bertz CT molecular complexity index is 427. The molecule has 0 aliphatic rings. The highest BCUT2D eigenvalue weighted by atomic mass is 35.5. The van der Waals surface area contributed by atoms with Crippen LogP contribution in [0.4, 0.5) is 4.39 Å². The fourth-order valence-corrected chi connectivity index (χ4v) is 1.81. The van der Waals surface area contributed by atoms with Crippen molar-refractivity contribution in [3.8, 4) is 0 Å². The van der Waals surface area contributed by atoms with Crippen LogP contribution in [0.25, 0.3) is 0 Å². The third-order valence-electron chi connectivity index (χ3n) is 2.38. The molecule has 0 fully saturated rings. The quantitative estimate of drug-likeness (QED) is 0.868. The molecule has 0 amide bonds. The lowest BCUT2D eigenvalue weighted by Crippen LogP contribution is -2.19. The summed E-state index contributed by atoms with van der Waals surface area (Å²) in [7, 11) is 0. The van der Waals surface area contributed by atoms with Gasteiger partial charge in [0.05, 0.1) is 18.1 Å². The second kappa shape index (κ2) is 7.56. The lowest BCUT2D eigenvalue weighted by atomic mass is 10.0. The summed E-state index contributed by atoms with van der Waals surface area (Å²) in [6, 6.07) is 2.07. The van der Waals surface area contributed by atoms with E-state index in [0.717, 1.165) is 5.56 Å². The van der Waals surface area contributed by atoms with E-state index in [9.17, 15) is 9.18 Å². The summed E-state index contributed by atoms with van der Waals surface area (Å²) in [5.74, 6) is -0.964. The Morgan fingerprint density at radius 2 is 2.17 bits per heavy atom. The standard InChI is InChI=1S/C12H15ClFNO2.ClH/c1-3-17-10(16)6-9(15)11-8(14)5-4-7(2)12(11)13;/h4-5,9H,3,6,15H2,1-2H3;1H/t9-;/m1./s1. The van der Waals surface area contributed by atoms with Crippen LogP contribution in [0, 0.1) is 12.7 Å². The fraction of sp³-hybridized carbons (Fsp3) is 0.417. The monoisotopic (exact) mass is 295 g/mol. The van der Waals surface area contributed by atoms with Gasteiger partial charge in [0.15, 0.2) is 0 Å². The van der Waals surface area contributed by atoms with E-state index in [1.54, 1.807) is 19.9 Å². The minimum absolute atomic E-state index is 0. The molecule has 1 aromatic rings. The molecule has 0 unspecified atom stereocenters. The van der Waals surface area contributed by atoms with Crippen LogP contribution in [0.2, 0.25) is 5.02 Å². The molecule has 0 aliphatic heterocycles. The molecule has 0 radical (unpaired) electrons. The van der Waals surface area contributed by atoms with Crippen molar-refractivity contribution in [2.45, 2.75) is 26.3 Å². The van der Waals surface area contributed by atoms with Gasteiger partial charge in [-0.15, -0.1) is 12.4 Å². The summed E-state index contributed by atoms with van der Waals surface area (Å²) >= 11 is 5.98. The summed E-state index contributed by atoms with van der Waals surface area (Å²) in [5.41, 5.74) is 6.66. The zero-order valence-corrected chi connectivity index (χ0v) is 11.8. The van der Waals surface area contributed by atoms with Crippen LogP contribution in [-0.4, -0.2) is 12.6 Å². The van der Waals surface area contributed by atoms with E-state index in [-0.39, 0.29) is 36.0 Å². The Hall–Kier alpha value is -0.840. The minimum Gasteiger partial charge on any atom is -0.466 e. The van der Waals surface area contributed by atoms with Crippen LogP contribution in [0.1, 0.15) is 30.5 Å². The number of carbonyl (C=O) groups excluding carboxylic acids is 1. The number of carbonyl (C=O) groups is 1. The van der Waals surface area contributed by atoms with Crippen molar-refractivity contribution in [2.24, 2.45) is 5.73 Å². The lowest BCUT2D eigenvalue weighted by Gasteiger charge is -2.15. The van der Waals surface area contributed by atoms with Gasteiger partial charge in [-0.3, -0.25) is 4.79 Å². The molecule has 3 nitrogen and oxygen atoms in total. The molecule has 1 aromatic carbocycles. The minimum atomic E-state index is -0.790. The van der Waals surface area contributed by atoms with Crippen LogP contribution in [0.3, 0.4) is 0 Å². The maximum atomic E-state index is 13.6. The number of esters is 1. The average molecular weight is 296 g/mol. The molecule has 0 saturated carbocycles. The molecule has 0 aromatic heterocycles. The van der Waals surface area contributed by atoms with Gasteiger partial charge >= 0.3 is 5.97 Å². The third kappa shape index (κ3) is 4.12. The summed E-state index contributed by atoms with van der Waals surface area (Å²) in [6.07, 6.45) is -0.0894. The molecule has 102 valence electrons. The highest BCUT2D eigenvalue weighted by molar-refractivity contribution is 6.32. The zero-order chi connectivity index (χ0) is 13.0. The van der Waals surface area contributed by atoms with Gasteiger partial charge < -0.3 is 10.5 Å². The van der Waals surface area contributed by atoms with Crippen molar-refractivity contribution in [1.29, 1.82) is 0 Å². The average Bonchev–Trinajstić information content (AvgIpc) is 2.24. The molecule has 18 heavy (non-hydrogen) atoms. The van der Waals surface area contributed by atoms with Crippen molar-refractivity contribution >= 4 is 30.0 Å². The Labute approximate surface area is 117 Å². The van der Waals surface area contributed by atoms with Gasteiger partial charge in [0, 0.05) is 11.6 Å². The largest absolute Gasteiger partial charge is 0.466 e. The van der Waals surface area contributed by atoms with Crippen LogP contribution >= 0.6 is 24.0 Å². The van der Waals surface area contributed by atoms with Gasteiger partial charge in [-0.1, -0.05) is 17.7 Å². The fourth-order valence-electron chi connectivity index (χ4n) is 1.52. The van der Waals surface area contributed by atoms with Gasteiger partial charge in [-0.25, -0.2) is 4.39 Å². The number of hydrogen-bond acceptors (Lipinski definition) is 3. The Kier molecular flexibility index (Phi) is 7.21. The molecule has 0 heterocycles. The first-order valence-electron chi connectivity index (χ1n) is 5.33. The first-order valence-corrected chi connectivity index (χ1v) is 5.70. The van der Waals surface area contributed by atoms with Crippen molar-refractivity contribution in [3.05, 3.63) is 34.1 Å². The van der Waals surface area contributed by atoms with E-state index in [2.05, 4.69) is 0 Å². The van der Waals surface area contributed by atoms with Crippen LogP contribution in [0.15, 0.2) is 12.1 Å². The molecule has 0 bridgehead atoms. The highest BCUT2D eigenvalue weighted by Crippen LogP contribution is 2.29. The number of hydrogen-bond donors (Lipinski definition) is 1. The second-order valence-electron chi connectivity index (χ2n) is 3.71. The Balaban J connectivity index is 0.00000289. The Morgan fingerprint density at radius 1 is 1.56 bits per heavy atom. The normalized spacial score (nSPS) is 11.6. The number of nitrogens with two attached hydrogens (primary N) is 1. The first kappa shape index (κ1) is 17.2. The van der Waals surface area contributed by atoms with Crippen molar-refractivity contribution in [2.75, 3.05) is 6.61 Å². The first-order chi connectivity index (χ1) is 7.97. The van der Waals surface area contributed by atoms with Crippen molar-refractivity contribution in [1.82, 2.24) is 0 Å². The second-order valence-corrected chi connectivity index (χ2v) is 4.09. The van der Waals surface area contributed by atoms with Gasteiger partial charge in [0.2, 0.25) is 0 Å². The number of halogens is 3. The van der Waals surface area contributed by atoms with Gasteiger partial charge in [-0.2, -0.15) is 0 Å². The number of benzene rings is 1. The predicted molar refractivity (Wildman–Crippen MR) is 71.6 cm³/mol. The summed E-state index contributed by atoms with van der Waals surface area (Å²) in [4.78, 5) is 11.3. The van der Waals surface area contributed by atoms with Crippen LogP contribution in [0.5, 0.6) is 0 Å². The summed E-state index contributed by atoms with van der Waals surface area (Å²) in [5, 5.41) is 0.266. The van der Waals surface area contributed by atoms with Crippen LogP contribution in [-0.2, 0) is 9.53 Å². The summed E-state index contributed by atoms with van der Waals surface area (Å²) in [6.45, 7) is 3.72. The molecule has 0 spiro atoms. The maximum absolute atomic E-state index is 13.6. The molecule has 6 heteroatoms. The smallest absolute Gasteiger partial charge is 0.307 e. The topological polar surface area (TPSA) is 52.3 Å². The summed E-state index contributed by atoms with van der Waals surface area (Å²) < 4.78 is 18.4. The third-order valence-corrected chi connectivity index (χ3v) is 2.88. The molecule has 0 aliphatic carbocycles. The van der Waals surface area contributed by atoms with E-state index in [1.165, 1.54) is 6.07 Å². The molecule has 1 rings (SSSR count). The molecule has 1 atom stereocenters. The van der Waals surface area contributed by atoms with E-state index in [0.29, 0.717) is 0 Å². The number of rotatable bonds is 4. The molecular weight excluding hydrogens is 280 g/mol. The van der Waals surface area contributed by atoms with Crippen molar-refractivity contribution in [3.63, 3.8) is 0 Å². The maximum Gasteiger partial charge on any atom is 0.307 e. The number of ether oxygens (including phenoxy) is 1. The Morgan fingerprint density at radius 3 is 2.72 bits per heavy atom. The van der Waals surface area contributed by atoms with E-state index in [4.69, 9.17) is 22.1 Å². The van der Waals surface area contributed by atoms with E-state index >= 15 is 0 Å². The predicted octanol–water partition coefficient (Wildman–Crippen LogP) is 3.16. The van der Waals surface area contributed by atoms with Gasteiger partial charge in [-0.05, 0) is 25.5 Å². The van der Waals surface area contributed by atoms with E-state index in [1.807, 2.05) is 0 Å². The zero-order valence-electron chi connectivity index (χ0n) is 10.2. The molecular formula is C12H16Cl2FNO2. The SMILES string of the molecule is CCOC(=O)C[C@@H](N)c1c(F)ccc(C)c1Cl.Cl. The van der Waals surface area contributed by atoms with Crippen molar-refractivity contribution < 1.29 is 13.9 Å². The van der Waals surface area contributed by atoms with Gasteiger partial charge in [0.1, 0.15) is 5.82 Å². The molecule has 2 N–H and O–H groups in total. The molecule has 0 saturated heterocycles. The van der Waals surface area contributed by atoms with Crippen LogP contribution < -0.4 is 5.73 Å². The highest BCUT2D eigenvalue weighted by Gasteiger charge is 2.20. The lowest BCUT2D eigenvalue weighted by molar-refractivity contribution is -0.143. The van der Waals surface area contributed by atoms with Gasteiger partial charge in [0.25, 0.3) is 0 Å². The number of aryl methyl sites for hydroxylation is 1.